The number of hydrogen-bond acceptors (Lipinski definition) is 4. The number of rotatable bonds is 9. The van der Waals surface area contributed by atoms with Gasteiger partial charge in [0.25, 0.3) is 5.91 Å². The molecule has 0 unspecified atom stereocenters. The van der Waals surface area contributed by atoms with Gasteiger partial charge in [0.1, 0.15) is 11.5 Å². The number of aryl methyl sites for hydroxylation is 1. The smallest absolute Gasteiger partial charge is 0.258 e. The summed E-state index contributed by atoms with van der Waals surface area (Å²) in [5.74, 6) is 1.32. The lowest BCUT2D eigenvalue weighted by Crippen LogP contribution is -2.41. The van der Waals surface area contributed by atoms with Crippen LogP contribution in [0.4, 0.5) is 0 Å². The topological polar surface area (TPSA) is 50.8 Å². The molecule has 29 heavy (non-hydrogen) atoms. The molecule has 1 amide bonds. The van der Waals surface area contributed by atoms with E-state index in [1.54, 1.807) is 19.2 Å². The summed E-state index contributed by atoms with van der Waals surface area (Å²) < 4.78 is 10.7. The van der Waals surface area contributed by atoms with Crippen LogP contribution in [0.5, 0.6) is 11.5 Å². The average Bonchev–Trinajstić information content (AvgIpc) is 2.79. The van der Waals surface area contributed by atoms with E-state index in [-0.39, 0.29) is 18.6 Å². The van der Waals surface area contributed by atoms with Crippen LogP contribution in [-0.2, 0) is 11.2 Å². The predicted octanol–water partition coefficient (Wildman–Crippen LogP) is 3.98. The van der Waals surface area contributed by atoms with Crippen molar-refractivity contribution >= 4 is 5.91 Å². The van der Waals surface area contributed by atoms with Crippen LogP contribution in [0, 0.1) is 0 Å². The molecule has 1 atom stereocenters. The van der Waals surface area contributed by atoms with Crippen molar-refractivity contribution < 1.29 is 14.3 Å². The van der Waals surface area contributed by atoms with Crippen LogP contribution in [0.3, 0.4) is 0 Å². The maximum atomic E-state index is 12.4. The van der Waals surface area contributed by atoms with Gasteiger partial charge in [-0.1, -0.05) is 37.6 Å². The second-order valence-electron chi connectivity index (χ2n) is 7.48. The minimum Gasteiger partial charge on any atom is -0.497 e. The molecule has 0 aromatic heterocycles. The summed E-state index contributed by atoms with van der Waals surface area (Å²) in [7, 11) is 1.62. The number of carbonyl (C=O) groups excluding carboxylic acids is 1. The number of piperidine rings is 1. The highest BCUT2D eigenvalue weighted by molar-refractivity contribution is 5.77. The first-order valence-electron chi connectivity index (χ1n) is 10.6. The van der Waals surface area contributed by atoms with Crippen LogP contribution in [0.1, 0.15) is 43.4 Å². The summed E-state index contributed by atoms with van der Waals surface area (Å²) in [5, 5.41) is 3.07. The van der Waals surface area contributed by atoms with Crippen LogP contribution >= 0.6 is 0 Å². The quantitative estimate of drug-likeness (QED) is 0.697. The van der Waals surface area contributed by atoms with Crippen LogP contribution in [0.15, 0.2) is 48.5 Å². The van der Waals surface area contributed by atoms with Gasteiger partial charge < -0.3 is 14.8 Å². The van der Waals surface area contributed by atoms with Crippen molar-refractivity contribution in [1.29, 1.82) is 0 Å². The highest BCUT2D eigenvalue weighted by Gasteiger charge is 2.23. The van der Waals surface area contributed by atoms with Gasteiger partial charge in [-0.2, -0.15) is 0 Å². The maximum Gasteiger partial charge on any atom is 0.258 e. The van der Waals surface area contributed by atoms with Gasteiger partial charge in [-0.15, -0.1) is 0 Å². The monoisotopic (exact) mass is 396 g/mol. The molecule has 0 radical (unpaired) electrons. The van der Waals surface area contributed by atoms with Crippen molar-refractivity contribution in [3.8, 4) is 11.5 Å². The summed E-state index contributed by atoms with van der Waals surface area (Å²) in [5.41, 5.74) is 2.60. The Balaban J connectivity index is 1.56. The van der Waals surface area contributed by atoms with Crippen LogP contribution < -0.4 is 14.8 Å². The maximum absolute atomic E-state index is 12.4. The third kappa shape index (κ3) is 6.23. The van der Waals surface area contributed by atoms with E-state index in [1.165, 1.54) is 30.4 Å². The number of methoxy groups -OCH3 is 1. The van der Waals surface area contributed by atoms with Gasteiger partial charge in [0.05, 0.1) is 13.2 Å². The lowest BCUT2D eigenvalue weighted by atomic mass is 10.00. The largest absolute Gasteiger partial charge is 0.497 e. The molecule has 0 saturated carbocycles. The summed E-state index contributed by atoms with van der Waals surface area (Å²) in [4.78, 5) is 14.9. The molecule has 1 aliphatic rings. The van der Waals surface area contributed by atoms with E-state index in [1.807, 2.05) is 12.1 Å². The molecule has 0 bridgehead atoms. The normalized spacial score (nSPS) is 15.5. The molecule has 156 valence electrons. The fraction of sp³-hybridized carbons (Fsp3) is 0.458. The van der Waals surface area contributed by atoms with E-state index in [2.05, 4.69) is 41.4 Å². The first kappa shape index (κ1) is 21.2. The third-order valence-electron chi connectivity index (χ3n) is 5.53. The summed E-state index contributed by atoms with van der Waals surface area (Å²) >= 11 is 0. The summed E-state index contributed by atoms with van der Waals surface area (Å²) in [6.45, 7) is 4.93. The molecule has 0 spiro atoms. The number of hydrogen-bond donors (Lipinski definition) is 1. The van der Waals surface area contributed by atoms with Crippen molar-refractivity contribution in [2.24, 2.45) is 0 Å². The Morgan fingerprint density at radius 2 is 1.66 bits per heavy atom. The van der Waals surface area contributed by atoms with Crippen molar-refractivity contribution in [2.75, 3.05) is 33.4 Å². The Kier molecular flexibility index (Phi) is 7.94. The molecule has 1 saturated heterocycles. The lowest BCUT2D eigenvalue weighted by molar-refractivity contribution is -0.123. The zero-order valence-corrected chi connectivity index (χ0v) is 17.5. The molecular formula is C24H32N2O3. The summed E-state index contributed by atoms with van der Waals surface area (Å²) in [6, 6.07) is 16.2. The summed E-state index contributed by atoms with van der Waals surface area (Å²) in [6.07, 6.45) is 4.77. The Labute approximate surface area is 174 Å². The second kappa shape index (κ2) is 10.9. The number of nitrogens with one attached hydrogen (secondary N) is 1. The number of carbonyl (C=O) groups is 1. The minimum atomic E-state index is -0.104. The first-order valence-corrected chi connectivity index (χ1v) is 10.6. The average molecular weight is 397 g/mol. The van der Waals surface area contributed by atoms with Crippen molar-refractivity contribution in [2.45, 2.75) is 38.6 Å². The van der Waals surface area contributed by atoms with E-state index in [9.17, 15) is 4.79 Å². The number of amides is 1. The highest BCUT2D eigenvalue weighted by atomic mass is 16.5. The molecule has 1 N–H and O–H groups in total. The molecule has 1 heterocycles. The Hall–Kier alpha value is -2.53. The molecule has 2 aromatic carbocycles. The standard InChI is InChI=1S/C24H32N2O3/c1-3-19-7-9-20(10-8-19)23(26-15-5-4-6-16-26)17-25-24(27)18-29-22-13-11-21(28-2)12-14-22/h7-14,23H,3-6,15-18H2,1-2H3,(H,25,27)/t23-/m1/s1. The molecule has 3 rings (SSSR count). The van der Waals surface area contributed by atoms with Gasteiger partial charge in [0.2, 0.25) is 0 Å². The van der Waals surface area contributed by atoms with Crippen molar-refractivity contribution in [1.82, 2.24) is 10.2 Å². The highest BCUT2D eigenvalue weighted by Crippen LogP contribution is 2.25. The molecular weight excluding hydrogens is 364 g/mol. The van der Waals surface area contributed by atoms with E-state index < -0.39 is 0 Å². The van der Waals surface area contributed by atoms with Crippen molar-refractivity contribution in [3.63, 3.8) is 0 Å². The molecule has 5 nitrogen and oxygen atoms in total. The first-order chi connectivity index (χ1) is 14.2. The number of benzene rings is 2. The fourth-order valence-electron chi connectivity index (χ4n) is 3.75. The van der Waals surface area contributed by atoms with Crippen molar-refractivity contribution in [3.05, 3.63) is 59.7 Å². The third-order valence-corrected chi connectivity index (χ3v) is 5.53. The molecule has 0 aliphatic carbocycles. The van der Waals surface area contributed by atoms with Crippen LogP contribution in [0.2, 0.25) is 0 Å². The van der Waals surface area contributed by atoms with Gasteiger partial charge in [0.15, 0.2) is 6.61 Å². The Morgan fingerprint density at radius 3 is 2.28 bits per heavy atom. The molecule has 2 aromatic rings. The van der Waals surface area contributed by atoms with Gasteiger partial charge in [0, 0.05) is 6.54 Å². The van der Waals surface area contributed by atoms with Crippen LogP contribution in [0.25, 0.3) is 0 Å². The lowest BCUT2D eigenvalue weighted by Gasteiger charge is -2.35. The second-order valence-corrected chi connectivity index (χ2v) is 7.48. The zero-order chi connectivity index (χ0) is 20.5. The Morgan fingerprint density at radius 1 is 1.00 bits per heavy atom. The molecule has 1 aliphatic heterocycles. The van der Waals surface area contributed by atoms with Gasteiger partial charge in [-0.25, -0.2) is 0 Å². The number of ether oxygens (including phenoxy) is 2. The number of nitrogens with zero attached hydrogens (tertiary/aromatic N) is 1. The fourth-order valence-corrected chi connectivity index (χ4v) is 3.75. The zero-order valence-electron chi connectivity index (χ0n) is 17.5. The predicted molar refractivity (Wildman–Crippen MR) is 115 cm³/mol. The Bertz CT molecular complexity index is 753. The molecule has 1 fully saturated rings. The van der Waals surface area contributed by atoms with Gasteiger partial charge in [-0.05, 0) is 67.7 Å². The SMILES string of the molecule is CCc1ccc([C@@H](CNC(=O)COc2ccc(OC)cc2)N2CCCCC2)cc1. The van der Waals surface area contributed by atoms with Gasteiger partial charge in [-0.3, -0.25) is 9.69 Å². The molecule has 5 heteroatoms. The van der Waals surface area contributed by atoms with E-state index >= 15 is 0 Å². The van der Waals surface area contributed by atoms with E-state index in [0.29, 0.717) is 12.3 Å². The van der Waals surface area contributed by atoms with E-state index in [4.69, 9.17) is 9.47 Å². The number of likely N-dealkylation sites (tertiary alicyclic amines) is 1. The van der Waals surface area contributed by atoms with Gasteiger partial charge >= 0.3 is 0 Å². The van der Waals surface area contributed by atoms with Crippen LogP contribution in [-0.4, -0.2) is 44.2 Å². The minimum absolute atomic E-state index is 0.00776. The van der Waals surface area contributed by atoms with E-state index in [0.717, 1.165) is 25.3 Å².